The maximum absolute atomic E-state index is 8.89. The third kappa shape index (κ3) is 3.00. The Morgan fingerprint density at radius 2 is 2.06 bits per heavy atom. The lowest BCUT2D eigenvalue weighted by Gasteiger charge is -2.04. The van der Waals surface area contributed by atoms with Gasteiger partial charge in [0.05, 0.1) is 16.7 Å². The normalized spacial score (nSPS) is 9.94. The van der Waals surface area contributed by atoms with Crippen LogP contribution < -0.4 is 0 Å². The number of pyridine rings is 1. The number of hydrogen-bond acceptors (Lipinski definition) is 3. The molecular weight excluding hydrogens is 252 g/mol. The fourth-order valence-corrected chi connectivity index (χ4v) is 2.56. The van der Waals surface area contributed by atoms with Crippen LogP contribution in [0.4, 0.5) is 0 Å². The number of benzene rings is 1. The van der Waals surface area contributed by atoms with Gasteiger partial charge in [-0.05, 0) is 31.2 Å². The summed E-state index contributed by atoms with van der Waals surface area (Å²) in [4.78, 5) is 5.31. The van der Waals surface area contributed by atoms with E-state index < -0.39 is 0 Å². The molecule has 17 heavy (non-hydrogen) atoms. The van der Waals surface area contributed by atoms with Gasteiger partial charge in [0, 0.05) is 10.6 Å². The zero-order valence-electron chi connectivity index (χ0n) is 9.14. The number of aromatic nitrogens is 1. The second-order valence-electron chi connectivity index (χ2n) is 3.48. The first-order valence-corrected chi connectivity index (χ1v) is 6.19. The van der Waals surface area contributed by atoms with Gasteiger partial charge < -0.3 is 0 Å². The van der Waals surface area contributed by atoms with Crippen molar-refractivity contribution in [3.63, 3.8) is 0 Å². The van der Waals surface area contributed by atoms with E-state index in [0.717, 1.165) is 15.6 Å². The molecule has 0 saturated carbocycles. The van der Waals surface area contributed by atoms with Gasteiger partial charge in [-0.25, -0.2) is 4.98 Å². The van der Waals surface area contributed by atoms with E-state index in [0.29, 0.717) is 10.6 Å². The predicted octanol–water partition coefficient (Wildman–Crippen LogP) is 4.07. The molecule has 0 radical (unpaired) electrons. The highest BCUT2D eigenvalue weighted by Crippen LogP contribution is 2.32. The van der Waals surface area contributed by atoms with E-state index in [1.807, 2.05) is 31.2 Å². The van der Waals surface area contributed by atoms with Crippen molar-refractivity contribution in [2.75, 3.05) is 0 Å². The Hall–Kier alpha value is -1.50. The summed E-state index contributed by atoms with van der Waals surface area (Å²) in [6.07, 6.45) is 0. The molecule has 4 heteroatoms. The lowest BCUT2D eigenvalue weighted by Crippen LogP contribution is -1.87. The molecule has 2 nitrogen and oxygen atoms in total. The van der Waals surface area contributed by atoms with Crippen LogP contribution in [0.3, 0.4) is 0 Å². The number of nitriles is 1. The quantitative estimate of drug-likeness (QED) is 0.817. The van der Waals surface area contributed by atoms with Crippen LogP contribution in [-0.4, -0.2) is 4.98 Å². The summed E-state index contributed by atoms with van der Waals surface area (Å²) in [5.74, 6) is 0. The molecule has 1 aromatic carbocycles. The van der Waals surface area contributed by atoms with Crippen LogP contribution in [0.5, 0.6) is 0 Å². The van der Waals surface area contributed by atoms with Crippen LogP contribution in [0.1, 0.15) is 11.3 Å². The zero-order chi connectivity index (χ0) is 12.3. The first kappa shape index (κ1) is 12.0. The Balaban J connectivity index is 2.34. The van der Waals surface area contributed by atoms with Crippen molar-refractivity contribution < 1.29 is 0 Å². The molecule has 0 aliphatic heterocycles. The first-order valence-electron chi connectivity index (χ1n) is 5.00. The van der Waals surface area contributed by atoms with E-state index in [2.05, 4.69) is 11.1 Å². The molecule has 0 atom stereocenters. The van der Waals surface area contributed by atoms with E-state index >= 15 is 0 Å². The number of rotatable bonds is 2. The molecule has 0 spiro atoms. The lowest BCUT2D eigenvalue weighted by molar-refractivity contribution is 1.06. The highest BCUT2D eigenvalue weighted by molar-refractivity contribution is 7.99. The highest BCUT2D eigenvalue weighted by atomic mass is 35.5. The van der Waals surface area contributed by atoms with Crippen molar-refractivity contribution in [1.82, 2.24) is 4.98 Å². The zero-order valence-corrected chi connectivity index (χ0v) is 10.7. The Bertz CT molecular complexity index is 590. The van der Waals surface area contributed by atoms with E-state index in [1.165, 1.54) is 11.8 Å². The maximum Gasteiger partial charge on any atom is 0.102 e. The second kappa shape index (κ2) is 5.22. The molecule has 0 fully saturated rings. The molecule has 1 heterocycles. The molecule has 0 N–H and O–H groups in total. The molecule has 0 aliphatic carbocycles. The predicted molar refractivity (Wildman–Crippen MR) is 69.3 cm³/mol. The van der Waals surface area contributed by atoms with E-state index in [4.69, 9.17) is 16.9 Å². The first-order chi connectivity index (χ1) is 8.19. The molecule has 1 aromatic heterocycles. The van der Waals surface area contributed by atoms with Gasteiger partial charge in [0.25, 0.3) is 0 Å². The van der Waals surface area contributed by atoms with Crippen LogP contribution in [0.2, 0.25) is 5.02 Å². The van der Waals surface area contributed by atoms with E-state index in [-0.39, 0.29) is 0 Å². The monoisotopic (exact) mass is 260 g/mol. The summed E-state index contributed by atoms with van der Waals surface area (Å²) in [7, 11) is 0. The summed E-state index contributed by atoms with van der Waals surface area (Å²) in [6, 6.07) is 13.2. The topological polar surface area (TPSA) is 36.7 Å². The van der Waals surface area contributed by atoms with Crippen molar-refractivity contribution in [3.8, 4) is 6.07 Å². The summed E-state index contributed by atoms with van der Waals surface area (Å²) < 4.78 is 0. The van der Waals surface area contributed by atoms with Gasteiger partial charge in [-0.15, -0.1) is 0 Å². The molecule has 2 rings (SSSR count). The van der Waals surface area contributed by atoms with Gasteiger partial charge in [-0.2, -0.15) is 5.26 Å². The SMILES string of the molecule is Cc1cc(C#N)cc(Sc2ccccc2Cl)n1. The smallest absolute Gasteiger partial charge is 0.102 e. The van der Waals surface area contributed by atoms with Gasteiger partial charge in [0.15, 0.2) is 0 Å². The number of nitrogens with zero attached hydrogens (tertiary/aromatic N) is 2. The Kier molecular flexibility index (Phi) is 3.68. The molecular formula is C13H9ClN2S. The standard InChI is InChI=1S/C13H9ClN2S/c1-9-6-10(8-15)7-13(16-9)17-12-5-3-2-4-11(12)14/h2-7H,1H3. The van der Waals surface area contributed by atoms with E-state index in [1.54, 1.807) is 12.1 Å². The average Bonchev–Trinajstić information content (AvgIpc) is 2.31. The minimum absolute atomic E-state index is 0.618. The fraction of sp³-hybridized carbons (Fsp3) is 0.0769. The number of halogens is 1. The lowest BCUT2D eigenvalue weighted by atomic mass is 10.2. The Morgan fingerprint density at radius 3 is 2.76 bits per heavy atom. The van der Waals surface area contributed by atoms with Crippen molar-refractivity contribution in [1.29, 1.82) is 5.26 Å². The van der Waals surface area contributed by atoms with Gasteiger partial charge in [0.2, 0.25) is 0 Å². The Morgan fingerprint density at radius 1 is 1.29 bits per heavy atom. The summed E-state index contributed by atoms with van der Waals surface area (Å²) >= 11 is 7.54. The Labute approximate surface area is 109 Å². The van der Waals surface area contributed by atoms with Crippen LogP contribution in [0.15, 0.2) is 46.3 Å². The van der Waals surface area contributed by atoms with Crippen LogP contribution in [0.25, 0.3) is 0 Å². The summed E-state index contributed by atoms with van der Waals surface area (Å²) in [5, 5.41) is 10.4. The van der Waals surface area contributed by atoms with Crippen LogP contribution in [-0.2, 0) is 0 Å². The van der Waals surface area contributed by atoms with Crippen molar-refractivity contribution in [3.05, 3.63) is 52.7 Å². The molecule has 2 aromatic rings. The van der Waals surface area contributed by atoms with E-state index in [9.17, 15) is 0 Å². The largest absolute Gasteiger partial charge is 0.246 e. The van der Waals surface area contributed by atoms with Crippen molar-refractivity contribution >= 4 is 23.4 Å². The average molecular weight is 261 g/mol. The van der Waals surface area contributed by atoms with Gasteiger partial charge >= 0.3 is 0 Å². The number of hydrogen-bond donors (Lipinski definition) is 0. The molecule has 0 amide bonds. The summed E-state index contributed by atoms with van der Waals surface area (Å²) in [5.41, 5.74) is 1.45. The third-order valence-corrected chi connectivity index (χ3v) is 3.55. The minimum Gasteiger partial charge on any atom is -0.246 e. The van der Waals surface area contributed by atoms with Crippen molar-refractivity contribution in [2.45, 2.75) is 16.8 Å². The van der Waals surface area contributed by atoms with Crippen LogP contribution in [0, 0.1) is 18.3 Å². The van der Waals surface area contributed by atoms with Crippen molar-refractivity contribution in [2.24, 2.45) is 0 Å². The van der Waals surface area contributed by atoms with Gasteiger partial charge in [-0.3, -0.25) is 0 Å². The molecule has 0 bridgehead atoms. The minimum atomic E-state index is 0.618. The third-order valence-electron chi connectivity index (χ3n) is 2.11. The van der Waals surface area contributed by atoms with Crippen LogP contribution >= 0.6 is 23.4 Å². The maximum atomic E-state index is 8.89. The fourth-order valence-electron chi connectivity index (χ4n) is 1.40. The highest BCUT2D eigenvalue weighted by Gasteiger charge is 2.05. The summed E-state index contributed by atoms with van der Waals surface area (Å²) in [6.45, 7) is 1.87. The van der Waals surface area contributed by atoms with Gasteiger partial charge in [-0.1, -0.05) is 35.5 Å². The van der Waals surface area contributed by atoms with Gasteiger partial charge in [0.1, 0.15) is 5.03 Å². The molecule has 84 valence electrons. The second-order valence-corrected chi connectivity index (χ2v) is 4.95. The molecule has 0 saturated heterocycles. The molecule has 0 aliphatic rings. The number of aryl methyl sites for hydroxylation is 1. The molecule has 0 unspecified atom stereocenters.